The summed E-state index contributed by atoms with van der Waals surface area (Å²) in [6.45, 7) is 0. The Hall–Kier alpha value is -4.24. The minimum Gasteiger partial charge on any atom is -0.455 e. The van der Waals surface area contributed by atoms with E-state index in [4.69, 9.17) is 12.3 Å². The number of fused-ring (bicyclic) bond motifs is 6. The molecule has 0 saturated carbocycles. The summed E-state index contributed by atoms with van der Waals surface area (Å²) < 4.78 is 8.60. The highest BCUT2D eigenvalue weighted by Crippen LogP contribution is 2.37. The molecule has 5 aromatic carbocycles. The van der Waals surface area contributed by atoms with Gasteiger partial charge in [0.05, 0.1) is 11.0 Å². The average molecular weight is 419 g/mol. The zero-order valence-corrected chi connectivity index (χ0v) is 17.8. The van der Waals surface area contributed by atoms with Gasteiger partial charge < -0.3 is 8.98 Å². The number of hydrogen-bond acceptors (Lipinski definition) is 1. The minimum absolute atomic E-state index is 0.720. The van der Waals surface area contributed by atoms with Crippen molar-refractivity contribution in [3.8, 4) is 16.8 Å². The Morgan fingerprint density at radius 1 is 0.576 bits per heavy atom. The van der Waals surface area contributed by atoms with Crippen molar-refractivity contribution in [1.82, 2.24) is 4.57 Å². The molecule has 0 aliphatic heterocycles. The summed E-state index contributed by atoms with van der Waals surface area (Å²) in [5.41, 5.74) is 7.95. The highest BCUT2D eigenvalue weighted by Gasteiger charge is 2.15. The quantitative estimate of drug-likeness (QED) is 0.272. The Labute approximate surface area is 192 Å². The van der Waals surface area contributed by atoms with E-state index in [1.54, 1.807) is 0 Å². The smallest absolute Gasteiger partial charge is 0.143 e. The van der Waals surface area contributed by atoms with E-state index in [0.717, 1.165) is 55.2 Å². The highest BCUT2D eigenvalue weighted by atomic mass is 16.3. The summed E-state index contributed by atoms with van der Waals surface area (Å²) in [4.78, 5) is 0. The van der Waals surface area contributed by atoms with Gasteiger partial charge >= 0.3 is 0 Å². The van der Waals surface area contributed by atoms with Crippen molar-refractivity contribution < 1.29 is 4.42 Å². The van der Waals surface area contributed by atoms with Gasteiger partial charge in [-0.05, 0) is 35.9 Å². The van der Waals surface area contributed by atoms with Crippen LogP contribution in [0.5, 0.6) is 0 Å². The number of aromatic nitrogens is 1. The largest absolute Gasteiger partial charge is 0.455 e. The number of furan rings is 1. The van der Waals surface area contributed by atoms with Gasteiger partial charge in [-0.25, -0.2) is 0 Å². The SMILES string of the molecule is [B]c1cc(-c2cccc3c2oc2ccccc23)cc(-n2c3ccccc3c3ccccc32)c1. The van der Waals surface area contributed by atoms with Crippen LogP contribution < -0.4 is 5.46 Å². The van der Waals surface area contributed by atoms with Gasteiger partial charge in [-0.3, -0.25) is 0 Å². The molecule has 0 spiro atoms. The van der Waals surface area contributed by atoms with E-state index in [1.807, 2.05) is 30.3 Å². The summed E-state index contributed by atoms with van der Waals surface area (Å²) in [5, 5.41) is 4.71. The van der Waals surface area contributed by atoms with Crippen LogP contribution in [0.15, 0.2) is 114 Å². The second kappa shape index (κ2) is 6.88. The molecular formula is C30H18BNO. The Morgan fingerprint density at radius 2 is 1.21 bits per heavy atom. The van der Waals surface area contributed by atoms with Gasteiger partial charge in [0.15, 0.2) is 0 Å². The lowest BCUT2D eigenvalue weighted by molar-refractivity contribution is 0.670. The van der Waals surface area contributed by atoms with E-state index in [2.05, 4.69) is 83.4 Å². The van der Waals surface area contributed by atoms with Gasteiger partial charge in [-0.2, -0.15) is 0 Å². The summed E-state index contributed by atoms with van der Waals surface area (Å²) in [6.07, 6.45) is 0. The van der Waals surface area contributed by atoms with E-state index in [9.17, 15) is 0 Å². The van der Waals surface area contributed by atoms with Gasteiger partial charge in [0, 0.05) is 32.8 Å². The first-order chi connectivity index (χ1) is 16.3. The molecule has 152 valence electrons. The number of benzene rings is 5. The van der Waals surface area contributed by atoms with Crippen LogP contribution in [0.3, 0.4) is 0 Å². The molecule has 0 fully saturated rings. The molecule has 0 bridgehead atoms. The molecule has 0 N–H and O–H groups in total. The van der Waals surface area contributed by atoms with Crippen molar-refractivity contribution in [2.75, 3.05) is 0 Å². The Morgan fingerprint density at radius 3 is 1.97 bits per heavy atom. The Balaban J connectivity index is 1.53. The molecule has 0 atom stereocenters. The van der Waals surface area contributed by atoms with E-state index >= 15 is 0 Å². The molecular weight excluding hydrogens is 401 g/mol. The second-order valence-electron chi connectivity index (χ2n) is 8.46. The molecule has 2 nitrogen and oxygen atoms in total. The molecule has 3 heteroatoms. The zero-order chi connectivity index (χ0) is 21.9. The van der Waals surface area contributed by atoms with Crippen LogP contribution in [-0.2, 0) is 0 Å². The van der Waals surface area contributed by atoms with Crippen LogP contribution in [0, 0.1) is 0 Å². The summed E-state index contributed by atoms with van der Waals surface area (Å²) in [5.74, 6) is 0. The minimum atomic E-state index is 0.720. The molecule has 7 rings (SSSR count). The van der Waals surface area contributed by atoms with E-state index in [-0.39, 0.29) is 0 Å². The molecule has 33 heavy (non-hydrogen) atoms. The van der Waals surface area contributed by atoms with Crippen LogP contribution in [0.4, 0.5) is 0 Å². The maximum absolute atomic E-state index is 6.47. The Kier molecular flexibility index (Phi) is 3.83. The van der Waals surface area contributed by atoms with Gasteiger partial charge in [-0.1, -0.05) is 84.3 Å². The van der Waals surface area contributed by atoms with Crippen molar-refractivity contribution in [1.29, 1.82) is 0 Å². The fraction of sp³-hybridized carbons (Fsp3) is 0. The zero-order valence-electron chi connectivity index (χ0n) is 17.8. The molecule has 0 aliphatic carbocycles. The first-order valence-corrected chi connectivity index (χ1v) is 11.1. The molecule has 7 aromatic rings. The number of hydrogen-bond donors (Lipinski definition) is 0. The summed E-state index contributed by atoms with van der Waals surface area (Å²) >= 11 is 0. The lowest BCUT2D eigenvalue weighted by Crippen LogP contribution is -2.06. The fourth-order valence-corrected chi connectivity index (χ4v) is 5.09. The van der Waals surface area contributed by atoms with Crippen molar-refractivity contribution in [2.24, 2.45) is 0 Å². The van der Waals surface area contributed by atoms with Crippen LogP contribution in [0.25, 0.3) is 60.6 Å². The molecule has 2 radical (unpaired) electrons. The number of rotatable bonds is 2. The second-order valence-corrected chi connectivity index (χ2v) is 8.46. The first-order valence-electron chi connectivity index (χ1n) is 11.1. The number of nitrogens with zero attached hydrogens (tertiary/aromatic N) is 1. The predicted octanol–water partition coefficient (Wildman–Crippen LogP) is 7.14. The molecule has 2 aromatic heterocycles. The molecule has 0 aliphatic rings. The standard InChI is InChI=1S/C30H18BNO/c31-20-16-19(22-11-7-12-26-25-10-3-6-15-29(25)33-30(22)26)17-21(18-20)32-27-13-4-1-8-23(27)24-9-2-5-14-28(24)32/h1-18H. The topological polar surface area (TPSA) is 18.1 Å². The van der Waals surface area contributed by atoms with Crippen molar-refractivity contribution >= 4 is 57.1 Å². The first kappa shape index (κ1) is 18.3. The van der Waals surface area contributed by atoms with E-state index < -0.39 is 0 Å². The highest BCUT2D eigenvalue weighted by molar-refractivity contribution is 6.33. The Bertz CT molecular complexity index is 1790. The summed E-state index contributed by atoms with van der Waals surface area (Å²) in [6, 6.07) is 37.8. The monoisotopic (exact) mass is 419 g/mol. The lowest BCUT2D eigenvalue weighted by Gasteiger charge is -2.12. The normalized spacial score (nSPS) is 11.8. The van der Waals surface area contributed by atoms with Gasteiger partial charge in [0.25, 0.3) is 0 Å². The maximum Gasteiger partial charge on any atom is 0.143 e. The third-order valence-corrected chi connectivity index (χ3v) is 6.49. The van der Waals surface area contributed by atoms with Crippen LogP contribution in [-0.4, -0.2) is 12.4 Å². The van der Waals surface area contributed by atoms with E-state index in [0.29, 0.717) is 0 Å². The third-order valence-electron chi connectivity index (χ3n) is 6.49. The van der Waals surface area contributed by atoms with Crippen molar-refractivity contribution in [3.05, 3.63) is 109 Å². The predicted molar refractivity (Wildman–Crippen MR) is 139 cm³/mol. The maximum atomic E-state index is 6.47. The van der Waals surface area contributed by atoms with Crippen LogP contribution >= 0.6 is 0 Å². The van der Waals surface area contributed by atoms with Gasteiger partial charge in [0.2, 0.25) is 0 Å². The molecule has 2 heterocycles. The van der Waals surface area contributed by atoms with Gasteiger partial charge in [-0.15, -0.1) is 0 Å². The fourth-order valence-electron chi connectivity index (χ4n) is 5.09. The lowest BCUT2D eigenvalue weighted by atomic mass is 9.91. The van der Waals surface area contributed by atoms with Crippen molar-refractivity contribution in [3.63, 3.8) is 0 Å². The number of para-hydroxylation sites is 4. The molecule has 0 saturated heterocycles. The molecule has 0 unspecified atom stereocenters. The van der Waals surface area contributed by atoms with Gasteiger partial charge in [0.1, 0.15) is 19.0 Å². The average Bonchev–Trinajstić information content (AvgIpc) is 3.39. The van der Waals surface area contributed by atoms with Crippen molar-refractivity contribution in [2.45, 2.75) is 0 Å². The molecule has 0 amide bonds. The summed E-state index contributed by atoms with van der Waals surface area (Å²) in [7, 11) is 6.47. The van der Waals surface area contributed by atoms with Crippen LogP contribution in [0.2, 0.25) is 0 Å². The van der Waals surface area contributed by atoms with E-state index in [1.165, 1.54) is 10.8 Å². The van der Waals surface area contributed by atoms with Crippen LogP contribution in [0.1, 0.15) is 0 Å². The third kappa shape index (κ3) is 2.69.